The van der Waals surface area contributed by atoms with Crippen LogP contribution in [0, 0.1) is 0 Å². The highest BCUT2D eigenvalue weighted by Gasteiger charge is 2.12. The number of amides is 1. The third kappa shape index (κ3) is 3.72. The smallest absolute Gasteiger partial charge is 0.225 e. The van der Waals surface area contributed by atoms with Crippen LogP contribution in [-0.4, -0.2) is 30.7 Å². The summed E-state index contributed by atoms with van der Waals surface area (Å²) in [6.07, 6.45) is 2.64. The maximum absolute atomic E-state index is 11.8. The lowest BCUT2D eigenvalue weighted by Gasteiger charge is -2.25. The minimum Gasteiger partial charge on any atom is -0.397 e. The number of hydrogen-bond acceptors (Lipinski definition) is 4. The summed E-state index contributed by atoms with van der Waals surface area (Å²) in [4.78, 5) is 17.2. The van der Waals surface area contributed by atoms with E-state index in [-0.39, 0.29) is 5.91 Å². The van der Waals surface area contributed by atoms with Crippen molar-refractivity contribution in [3.63, 3.8) is 0 Å². The number of benzene rings is 1. The van der Waals surface area contributed by atoms with Gasteiger partial charge in [-0.2, -0.15) is 5.06 Å². The Kier molecular flexibility index (Phi) is 4.55. The number of nitrogen functional groups attached to an aromatic ring is 1. The van der Waals surface area contributed by atoms with Crippen molar-refractivity contribution in [2.24, 2.45) is 0 Å². The second-order valence-electron chi connectivity index (χ2n) is 4.35. The lowest BCUT2D eigenvalue weighted by atomic mass is 10.2. The molecule has 98 valence electrons. The lowest BCUT2D eigenvalue weighted by Crippen LogP contribution is -2.32. The quantitative estimate of drug-likeness (QED) is 0.796. The van der Waals surface area contributed by atoms with E-state index in [1.54, 1.807) is 12.1 Å². The van der Waals surface area contributed by atoms with E-state index in [0.717, 1.165) is 26.0 Å². The molecule has 0 unspecified atom stereocenters. The van der Waals surface area contributed by atoms with Crippen molar-refractivity contribution in [2.75, 3.05) is 30.7 Å². The molecule has 1 aliphatic heterocycles. The SMILES string of the molecule is Nc1ccccc1NC(=O)CCN1CCCCO1. The van der Waals surface area contributed by atoms with E-state index in [1.165, 1.54) is 0 Å². The van der Waals surface area contributed by atoms with Gasteiger partial charge in [0.25, 0.3) is 0 Å². The van der Waals surface area contributed by atoms with Crippen LogP contribution < -0.4 is 11.1 Å². The number of nitrogens with zero attached hydrogens (tertiary/aromatic N) is 1. The van der Waals surface area contributed by atoms with Gasteiger partial charge in [0.05, 0.1) is 18.0 Å². The van der Waals surface area contributed by atoms with Gasteiger partial charge < -0.3 is 11.1 Å². The number of nitrogens with two attached hydrogens (primary N) is 1. The van der Waals surface area contributed by atoms with E-state index >= 15 is 0 Å². The zero-order valence-corrected chi connectivity index (χ0v) is 10.4. The Bertz CT molecular complexity index is 403. The number of carbonyl (C=O) groups is 1. The monoisotopic (exact) mass is 249 g/mol. The van der Waals surface area contributed by atoms with Crippen molar-refractivity contribution < 1.29 is 9.63 Å². The largest absolute Gasteiger partial charge is 0.397 e. The Morgan fingerprint density at radius 3 is 2.94 bits per heavy atom. The van der Waals surface area contributed by atoms with Gasteiger partial charge in [-0.15, -0.1) is 0 Å². The number of hydrogen-bond donors (Lipinski definition) is 2. The van der Waals surface area contributed by atoms with E-state index in [1.807, 2.05) is 17.2 Å². The van der Waals surface area contributed by atoms with Crippen molar-refractivity contribution in [3.8, 4) is 0 Å². The van der Waals surface area contributed by atoms with Crippen LogP contribution in [0.3, 0.4) is 0 Å². The van der Waals surface area contributed by atoms with Crippen molar-refractivity contribution in [1.82, 2.24) is 5.06 Å². The van der Waals surface area contributed by atoms with Crippen molar-refractivity contribution >= 4 is 17.3 Å². The second-order valence-corrected chi connectivity index (χ2v) is 4.35. The maximum Gasteiger partial charge on any atom is 0.225 e. The van der Waals surface area contributed by atoms with Crippen LogP contribution >= 0.6 is 0 Å². The summed E-state index contributed by atoms with van der Waals surface area (Å²) >= 11 is 0. The van der Waals surface area contributed by atoms with Gasteiger partial charge in [0.2, 0.25) is 5.91 Å². The first-order valence-electron chi connectivity index (χ1n) is 6.28. The van der Waals surface area contributed by atoms with Crippen LogP contribution in [0.25, 0.3) is 0 Å². The molecule has 0 atom stereocenters. The fourth-order valence-electron chi connectivity index (χ4n) is 1.87. The average molecular weight is 249 g/mol. The second kappa shape index (κ2) is 6.37. The highest BCUT2D eigenvalue weighted by atomic mass is 16.7. The zero-order valence-electron chi connectivity index (χ0n) is 10.4. The van der Waals surface area contributed by atoms with Gasteiger partial charge in [0.1, 0.15) is 0 Å². The molecular weight excluding hydrogens is 230 g/mol. The van der Waals surface area contributed by atoms with E-state index in [2.05, 4.69) is 5.32 Å². The minimum atomic E-state index is -0.0397. The van der Waals surface area contributed by atoms with Crippen LogP contribution in [0.15, 0.2) is 24.3 Å². The average Bonchev–Trinajstić information content (AvgIpc) is 2.40. The molecule has 1 aromatic rings. The van der Waals surface area contributed by atoms with E-state index < -0.39 is 0 Å². The number of para-hydroxylation sites is 2. The summed E-state index contributed by atoms with van der Waals surface area (Å²) in [5.74, 6) is -0.0397. The third-order valence-electron chi connectivity index (χ3n) is 2.90. The fraction of sp³-hybridized carbons (Fsp3) is 0.462. The van der Waals surface area contributed by atoms with Gasteiger partial charge >= 0.3 is 0 Å². The van der Waals surface area contributed by atoms with Crippen molar-refractivity contribution in [1.29, 1.82) is 0 Å². The number of carbonyl (C=O) groups excluding carboxylic acids is 1. The first-order chi connectivity index (χ1) is 8.75. The molecule has 5 heteroatoms. The van der Waals surface area contributed by atoms with Gasteiger partial charge in [0.15, 0.2) is 0 Å². The Morgan fingerprint density at radius 2 is 2.22 bits per heavy atom. The van der Waals surface area contributed by atoms with Crippen LogP contribution in [0.5, 0.6) is 0 Å². The molecule has 1 fully saturated rings. The number of anilines is 2. The van der Waals surface area contributed by atoms with Crippen LogP contribution in [0.1, 0.15) is 19.3 Å². The predicted molar refractivity (Wildman–Crippen MR) is 70.9 cm³/mol. The van der Waals surface area contributed by atoms with E-state index in [9.17, 15) is 4.79 Å². The molecule has 0 saturated carbocycles. The zero-order chi connectivity index (χ0) is 12.8. The Hall–Kier alpha value is -1.59. The molecule has 2 rings (SSSR count). The third-order valence-corrected chi connectivity index (χ3v) is 2.90. The van der Waals surface area contributed by atoms with Gasteiger partial charge in [-0.05, 0) is 25.0 Å². The number of nitrogens with one attached hydrogen (secondary N) is 1. The summed E-state index contributed by atoms with van der Waals surface area (Å²) in [7, 11) is 0. The summed E-state index contributed by atoms with van der Waals surface area (Å²) in [5.41, 5.74) is 7.01. The summed E-state index contributed by atoms with van der Waals surface area (Å²) in [6.45, 7) is 2.28. The predicted octanol–water partition coefficient (Wildman–Crippen LogP) is 1.62. The molecule has 1 aliphatic rings. The van der Waals surface area contributed by atoms with Gasteiger partial charge in [-0.25, -0.2) is 0 Å². The highest BCUT2D eigenvalue weighted by Crippen LogP contribution is 2.16. The molecule has 0 aromatic heterocycles. The molecule has 1 heterocycles. The molecule has 5 nitrogen and oxygen atoms in total. The Labute approximate surface area is 107 Å². The van der Waals surface area contributed by atoms with Gasteiger partial charge in [-0.3, -0.25) is 9.63 Å². The molecule has 3 N–H and O–H groups in total. The lowest BCUT2D eigenvalue weighted by molar-refractivity contribution is -0.181. The molecule has 1 amide bonds. The molecular formula is C13H19N3O2. The summed E-state index contributed by atoms with van der Waals surface area (Å²) < 4.78 is 0. The van der Waals surface area contributed by atoms with E-state index in [0.29, 0.717) is 24.3 Å². The summed E-state index contributed by atoms with van der Waals surface area (Å²) in [6, 6.07) is 7.25. The molecule has 1 saturated heterocycles. The standard InChI is InChI=1S/C13H19N3O2/c14-11-5-1-2-6-12(11)15-13(17)7-9-16-8-3-4-10-18-16/h1-2,5-6H,3-4,7-10,14H2,(H,15,17). The van der Waals surface area contributed by atoms with Gasteiger partial charge in [0, 0.05) is 19.5 Å². The highest BCUT2D eigenvalue weighted by molar-refractivity contribution is 5.93. The van der Waals surface area contributed by atoms with Gasteiger partial charge in [-0.1, -0.05) is 12.1 Å². The van der Waals surface area contributed by atoms with Crippen LogP contribution in [0.4, 0.5) is 11.4 Å². The topological polar surface area (TPSA) is 67.6 Å². The van der Waals surface area contributed by atoms with Crippen molar-refractivity contribution in [2.45, 2.75) is 19.3 Å². The first kappa shape index (κ1) is 12.9. The number of rotatable bonds is 4. The molecule has 0 bridgehead atoms. The first-order valence-corrected chi connectivity index (χ1v) is 6.28. The minimum absolute atomic E-state index is 0.0397. The molecule has 0 radical (unpaired) electrons. The van der Waals surface area contributed by atoms with Crippen LogP contribution in [-0.2, 0) is 9.63 Å². The molecule has 0 aliphatic carbocycles. The van der Waals surface area contributed by atoms with Crippen molar-refractivity contribution in [3.05, 3.63) is 24.3 Å². The molecule has 1 aromatic carbocycles. The maximum atomic E-state index is 11.8. The summed E-state index contributed by atoms with van der Waals surface area (Å²) in [5, 5.41) is 4.66. The molecule has 0 spiro atoms. The van der Waals surface area contributed by atoms with E-state index in [4.69, 9.17) is 10.6 Å². The normalized spacial score (nSPS) is 16.4. The Balaban J connectivity index is 1.76. The van der Waals surface area contributed by atoms with Crippen LogP contribution in [0.2, 0.25) is 0 Å². The number of hydroxylamine groups is 2. The Morgan fingerprint density at radius 1 is 1.39 bits per heavy atom. The fourth-order valence-corrected chi connectivity index (χ4v) is 1.87. The molecule has 18 heavy (non-hydrogen) atoms.